The Labute approximate surface area is 82.5 Å². The van der Waals surface area contributed by atoms with Crippen molar-refractivity contribution in [3.63, 3.8) is 0 Å². The Morgan fingerprint density at radius 3 is 2.54 bits per heavy atom. The third-order valence-corrected chi connectivity index (χ3v) is 2.45. The van der Waals surface area contributed by atoms with E-state index in [1.807, 2.05) is 0 Å². The summed E-state index contributed by atoms with van der Waals surface area (Å²) in [5, 5.41) is 9.53. The maximum absolute atomic E-state index is 9.53. The third kappa shape index (κ3) is 6.66. The Balaban J connectivity index is 3.51. The predicted molar refractivity (Wildman–Crippen MR) is 57.4 cm³/mol. The molecule has 0 rings (SSSR count). The molecule has 0 aliphatic heterocycles. The normalized spacial score (nSPS) is 17.5. The van der Waals surface area contributed by atoms with Gasteiger partial charge >= 0.3 is 0 Å². The van der Waals surface area contributed by atoms with Crippen LogP contribution in [0.3, 0.4) is 0 Å². The van der Waals surface area contributed by atoms with Crippen LogP contribution in [0.25, 0.3) is 0 Å². The van der Waals surface area contributed by atoms with Crippen LogP contribution in [0.2, 0.25) is 0 Å². The molecule has 0 bridgehead atoms. The van der Waals surface area contributed by atoms with Crippen molar-refractivity contribution in [2.24, 2.45) is 5.92 Å². The Bertz CT molecular complexity index is 164. The lowest BCUT2D eigenvalue weighted by molar-refractivity contribution is 0.107. The molecule has 13 heavy (non-hydrogen) atoms. The monoisotopic (exact) mass is 182 g/mol. The van der Waals surface area contributed by atoms with E-state index in [0.717, 1.165) is 18.8 Å². The Kier molecular flexibility index (Phi) is 5.82. The molecule has 0 aliphatic rings. The van der Waals surface area contributed by atoms with Crippen LogP contribution in [-0.4, -0.2) is 10.7 Å². The van der Waals surface area contributed by atoms with Gasteiger partial charge in [0.15, 0.2) is 0 Å². The highest BCUT2D eigenvalue weighted by molar-refractivity contribution is 5.03. The second-order valence-electron chi connectivity index (χ2n) is 4.20. The average molecular weight is 182 g/mol. The molecule has 0 unspecified atom stereocenters. The number of hydrogen-bond donors (Lipinski definition) is 1. The molecule has 0 saturated carbocycles. The minimum Gasteiger partial charge on any atom is -0.378 e. The Hall–Kier alpha value is -0.480. The first-order valence-corrected chi connectivity index (χ1v) is 5.22. The van der Waals surface area contributed by atoms with E-state index in [0.29, 0.717) is 0 Å². The van der Waals surface area contributed by atoms with Gasteiger partial charge in [0.1, 0.15) is 5.60 Å². The van der Waals surface area contributed by atoms with Gasteiger partial charge in [-0.3, -0.25) is 0 Å². The maximum atomic E-state index is 9.53. The van der Waals surface area contributed by atoms with Crippen molar-refractivity contribution in [2.75, 3.05) is 0 Å². The molecular formula is C12H22O. The lowest BCUT2D eigenvalue weighted by Gasteiger charge is -2.17. The summed E-state index contributed by atoms with van der Waals surface area (Å²) in [5.74, 6) is 3.17. The molecule has 0 fully saturated rings. The van der Waals surface area contributed by atoms with E-state index >= 15 is 0 Å². The van der Waals surface area contributed by atoms with E-state index in [4.69, 9.17) is 6.42 Å². The zero-order chi connectivity index (χ0) is 10.3. The van der Waals surface area contributed by atoms with Gasteiger partial charge in [-0.15, -0.1) is 6.42 Å². The largest absolute Gasteiger partial charge is 0.378 e. The van der Waals surface area contributed by atoms with Crippen molar-refractivity contribution in [1.82, 2.24) is 0 Å². The van der Waals surface area contributed by atoms with Crippen LogP contribution in [0.1, 0.15) is 52.9 Å². The SMILES string of the molecule is C#C[C@@](C)(O)CCC[C@H](C)CCC. The minimum absolute atomic E-state index is 0.720. The van der Waals surface area contributed by atoms with Crippen molar-refractivity contribution in [3.8, 4) is 12.3 Å². The number of rotatable bonds is 6. The van der Waals surface area contributed by atoms with Gasteiger partial charge in [0.2, 0.25) is 0 Å². The first kappa shape index (κ1) is 12.5. The van der Waals surface area contributed by atoms with Gasteiger partial charge in [0.05, 0.1) is 0 Å². The van der Waals surface area contributed by atoms with Gasteiger partial charge in [-0.1, -0.05) is 39.0 Å². The molecule has 1 N–H and O–H groups in total. The van der Waals surface area contributed by atoms with Gasteiger partial charge in [-0.2, -0.15) is 0 Å². The van der Waals surface area contributed by atoms with Gasteiger partial charge in [0.25, 0.3) is 0 Å². The summed E-state index contributed by atoms with van der Waals surface area (Å²) in [5.41, 5.74) is -0.897. The second kappa shape index (κ2) is 6.05. The summed E-state index contributed by atoms with van der Waals surface area (Å²) in [4.78, 5) is 0. The second-order valence-corrected chi connectivity index (χ2v) is 4.20. The molecule has 0 aromatic carbocycles. The van der Waals surface area contributed by atoms with E-state index in [9.17, 15) is 5.11 Å². The summed E-state index contributed by atoms with van der Waals surface area (Å²) >= 11 is 0. The van der Waals surface area contributed by atoms with E-state index in [1.54, 1.807) is 6.92 Å². The molecule has 2 atom stereocenters. The van der Waals surface area contributed by atoms with Gasteiger partial charge in [-0.05, 0) is 25.7 Å². The van der Waals surface area contributed by atoms with Gasteiger partial charge in [-0.25, -0.2) is 0 Å². The molecule has 1 heteroatoms. The fourth-order valence-electron chi connectivity index (χ4n) is 1.50. The summed E-state index contributed by atoms with van der Waals surface area (Å²) in [6, 6.07) is 0. The highest BCUT2D eigenvalue weighted by Gasteiger charge is 2.15. The topological polar surface area (TPSA) is 20.2 Å². The number of aliphatic hydroxyl groups is 1. The average Bonchev–Trinajstić information content (AvgIpc) is 2.05. The number of hydrogen-bond acceptors (Lipinski definition) is 1. The first-order valence-electron chi connectivity index (χ1n) is 5.22. The molecule has 76 valence electrons. The molecule has 1 nitrogen and oxygen atoms in total. The quantitative estimate of drug-likeness (QED) is 0.626. The van der Waals surface area contributed by atoms with Crippen molar-refractivity contribution < 1.29 is 5.11 Å². The molecular weight excluding hydrogens is 160 g/mol. The zero-order valence-electron chi connectivity index (χ0n) is 9.14. The van der Waals surface area contributed by atoms with Crippen LogP contribution in [0.4, 0.5) is 0 Å². The lowest BCUT2D eigenvalue weighted by atomic mass is 9.94. The van der Waals surface area contributed by atoms with Gasteiger partial charge < -0.3 is 5.11 Å². The fraction of sp³-hybridized carbons (Fsp3) is 0.833. The highest BCUT2D eigenvalue weighted by atomic mass is 16.3. The maximum Gasteiger partial charge on any atom is 0.122 e. The van der Waals surface area contributed by atoms with Crippen molar-refractivity contribution in [1.29, 1.82) is 0 Å². The highest BCUT2D eigenvalue weighted by Crippen LogP contribution is 2.18. The van der Waals surface area contributed by atoms with Crippen LogP contribution in [0.5, 0.6) is 0 Å². The lowest BCUT2D eigenvalue weighted by Crippen LogP contribution is -2.20. The molecule has 0 amide bonds. The van der Waals surface area contributed by atoms with E-state index in [-0.39, 0.29) is 0 Å². The van der Waals surface area contributed by atoms with E-state index in [1.165, 1.54) is 19.3 Å². The van der Waals surface area contributed by atoms with Crippen molar-refractivity contribution in [2.45, 2.75) is 58.5 Å². The van der Waals surface area contributed by atoms with Crippen LogP contribution in [0, 0.1) is 18.3 Å². The van der Waals surface area contributed by atoms with Crippen LogP contribution >= 0.6 is 0 Å². The summed E-state index contributed by atoms with van der Waals surface area (Å²) < 4.78 is 0. The predicted octanol–water partition coefficient (Wildman–Crippen LogP) is 2.98. The fourth-order valence-corrected chi connectivity index (χ4v) is 1.50. The molecule has 0 spiro atoms. The molecule has 0 aliphatic carbocycles. The summed E-state index contributed by atoms with van der Waals surface area (Å²) in [6.45, 7) is 6.17. The molecule has 0 heterocycles. The standard InChI is InChI=1S/C12H22O/c1-5-8-11(3)9-7-10-12(4,13)6-2/h2,11,13H,5,7-10H2,1,3-4H3/t11-,12-/m1/s1. The summed E-state index contributed by atoms with van der Waals surface area (Å²) in [6.07, 6.45) is 10.6. The van der Waals surface area contributed by atoms with Gasteiger partial charge in [0, 0.05) is 0 Å². The van der Waals surface area contributed by atoms with Crippen LogP contribution in [0.15, 0.2) is 0 Å². The van der Waals surface area contributed by atoms with Crippen LogP contribution in [-0.2, 0) is 0 Å². The third-order valence-electron chi connectivity index (χ3n) is 2.45. The first-order chi connectivity index (χ1) is 6.02. The molecule has 0 radical (unpaired) electrons. The number of terminal acetylenes is 1. The summed E-state index contributed by atoms with van der Waals surface area (Å²) in [7, 11) is 0. The van der Waals surface area contributed by atoms with Crippen molar-refractivity contribution in [3.05, 3.63) is 0 Å². The zero-order valence-corrected chi connectivity index (χ0v) is 9.14. The van der Waals surface area contributed by atoms with E-state index < -0.39 is 5.60 Å². The Morgan fingerprint density at radius 1 is 1.46 bits per heavy atom. The van der Waals surface area contributed by atoms with Crippen LogP contribution < -0.4 is 0 Å². The minimum atomic E-state index is -0.897. The molecule has 0 aromatic heterocycles. The smallest absolute Gasteiger partial charge is 0.122 e. The Morgan fingerprint density at radius 2 is 2.08 bits per heavy atom. The van der Waals surface area contributed by atoms with E-state index in [2.05, 4.69) is 19.8 Å². The molecule has 0 saturated heterocycles. The van der Waals surface area contributed by atoms with Crippen molar-refractivity contribution >= 4 is 0 Å². The molecule has 0 aromatic rings.